The molecule has 0 bridgehead atoms. The van der Waals surface area contributed by atoms with Crippen molar-refractivity contribution in [3.63, 3.8) is 0 Å². The highest BCUT2D eigenvalue weighted by molar-refractivity contribution is 5.33. The third kappa shape index (κ3) is 2.87. The Morgan fingerprint density at radius 1 is 1.33 bits per heavy atom. The van der Waals surface area contributed by atoms with Crippen LogP contribution in [0.2, 0.25) is 0 Å². The molecule has 0 aliphatic carbocycles. The highest BCUT2D eigenvalue weighted by atomic mass is 16.5. The van der Waals surface area contributed by atoms with E-state index in [0.717, 1.165) is 5.56 Å². The van der Waals surface area contributed by atoms with Gasteiger partial charge in [-0.25, -0.2) is 0 Å². The van der Waals surface area contributed by atoms with Crippen LogP contribution in [-0.2, 0) is 4.74 Å². The van der Waals surface area contributed by atoms with Gasteiger partial charge in [0.1, 0.15) is 6.10 Å². The molecule has 2 heteroatoms. The molecular weight excluding hydrogens is 186 g/mol. The van der Waals surface area contributed by atoms with E-state index in [9.17, 15) is 0 Å². The van der Waals surface area contributed by atoms with Crippen molar-refractivity contribution < 1.29 is 4.74 Å². The third-order valence-electron chi connectivity index (χ3n) is 1.88. The molecule has 1 unspecified atom stereocenters. The highest BCUT2D eigenvalue weighted by Gasteiger charge is 2.06. The molecule has 1 atom stereocenters. The SMILES string of the molecule is C=C=CC(OC=C)c1ccc(C#N)cc1. The van der Waals surface area contributed by atoms with Crippen molar-refractivity contribution in [2.24, 2.45) is 0 Å². The number of rotatable bonds is 4. The first-order chi connectivity index (χ1) is 7.31. The van der Waals surface area contributed by atoms with Crippen molar-refractivity contribution in [1.82, 2.24) is 0 Å². The van der Waals surface area contributed by atoms with E-state index in [1.54, 1.807) is 18.2 Å². The molecule has 2 nitrogen and oxygen atoms in total. The Kier molecular flexibility index (Phi) is 3.97. The van der Waals surface area contributed by atoms with Gasteiger partial charge in [-0.1, -0.05) is 25.3 Å². The molecule has 74 valence electrons. The Balaban J connectivity index is 2.96. The van der Waals surface area contributed by atoms with Crippen LogP contribution in [0.5, 0.6) is 0 Å². The van der Waals surface area contributed by atoms with Crippen molar-refractivity contribution in [1.29, 1.82) is 5.26 Å². The maximum Gasteiger partial charge on any atom is 0.148 e. The number of benzene rings is 1. The number of nitriles is 1. The third-order valence-corrected chi connectivity index (χ3v) is 1.88. The van der Waals surface area contributed by atoms with Gasteiger partial charge in [0, 0.05) is 6.08 Å². The van der Waals surface area contributed by atoms with E-state index in [1.807, 2.05) is 12.1 Å². The average Bonchev–Trinajstić information content (AvgIpc) is 2.29. The normalized spacial score (nSPS) is 10.6. The van der Waals surface area contributed by atoms with Gasteiger partial charge in [0.15, 0.2) is 0 Å². The van der Waals surface area contributed by atoms with Gasteiger partial charge in [0.05, 0.1) is 17.9 Å². The lowest BCUT2D eigenvalue weighted by atomic mass is 10.1. The van der Waals surface area contributed by atoms with Crippen LogP contribution in [-0.4, -0.2) is 0 Å². The monoisotopic (exact) mass is 197 g/mol. The van der Waals surface area contributed by atoms with Crippen LogP contribution < -0.4 is 0 Å². The molecule has 1 aromatic rings. The Morgan fingerprint density at radius 2 is 2.00 bits per heavy atom. The molecule has 15 heavy (non-hydrogen) atoms. The van der Waals surface area contributed by atoms with Crippen molar-refractivity contribution in [2.75, 3.05) is 0 Å². The fourth-order valence-electron chi connectivity index (χ4n) is 1.17. The summed E-state index contributed by atoms with van der Waals surface area (Å²) in [5.74, 6) is 0. The predicted octanol–water partition coefficient (Wildman–Crippen LogP) is 3.10. The Bertz CT molecular complexity index is 419. The molecule has 0 amide bonds. The zero-order valence-corrected chi connectivity index (χ0v) is 8.31. The van der Waals surface area contributed by atoms with E-state index >= 15 is 0 Å². The Labute approximate surface area is 89.4 Å². The maximum absolute atomic E-state index is 8.65. The molecule has 0 heterocycles. The van der Waals surface area contributed by atoms with Gasteiger partial charge >= 0.3 is 0 Å². The minimum atomic E-state index is -0.243. The summed E-state index contributed by atoms with van der Waals surface area (Å²) >= 11 is 0. The summed E-state index contributed by atoms with van der Waals surface area (Å²) in [5, 5.41) is 8.65. The van der Waals surface area contributed by atoms with Gasteiger partial charge in [-0.3, -0.25) is 0 Å². The molecule has 1 aromatic carbocycles. The lowest BCUT2D eigenvalue weighted by molar-refractivity contribution is 0.191. The van der Waals surface area contributed by atoms with E-state index in [-0.39, 0.29) is 6.10 Å². The van der Waals surface area contributed by atoms with E-state index in [4.69, 9.17) is 10.00 Å². The van der Waals surface area contributed by atoms with Crippen molar-refractivity contribution in [2.45, 2.75) is 6.10 Å². The second-order valence-electron chi connectivity index (χ2n) is 2.83. The van der Waals surface area contributed by atoms with Gasteiger partial charge in [-0.15, -0.1) is 5.73 Å². The number of nitrogens with zero attached hydrogens (tertiary/aromatic N) is 1. The van der Waals surface area contributed by atoms with Gasteiger partial charge in [-0.2, -0.15) is 5.26 Å². The molecule has 0 fully saturated rings. The fourth-order valence-corrected chi connectivity index (χ4v) is 1.17. The van der Waals surface area contributed by atoms with Crippen LogP contribution >= 0.6 is 0 Å². The average molecular weight is 197 g/mol. The minimum Gasteiger partial charge on any atom is -0.489 e. The van der Waals surface area contributed by atoms with Crippen molar-refractivity contribution >= 4 is 0 Å². The summed E-state index contributed by atoms with van der Waals surface area (Å²) in [7, 11) is 0. The summed E-state index contributed by atoms with van der Waals surface area (Å²) in [6, 6.07) is 9.21. The van der Waals surface area contributed by atoms with Crippen molar-refractivity contribution in [3.8, 4) is 6.07 Å². The van der Waals surface area contributed by atoms with Gasteiger partial charge in [-0.05, 0) is 17.7 Å². The largest absolute Gasteiger partial charge is 0.489 e. The lowest BCUT2D eigenvalue weighted by Crippen LogP contribution is -1.96. The smallest absolute Gasteiger partial charge is 0.148 e. The molecule has 0 saturated carbocycles. The van der Waals surface area contributed by atoms with Gasteiger partial charge in [0.2, 0.25) is 0 Å². The molecule has 0 saturated heterocycles. The van der Waals surface area contributed by atoms with E-state index in [0.29, 0.717) is 5.56 Å². The topological polar surface area (TPSA) is 33.0 Å². The van der Waals surface area contributed by atoms with Crippen LogP contribution in [0.15, 0.2) is 55.5 Å². The zero-order chi connectivity index (χ0) is 11.1. The molecule has 1 rings (SSSR count). The van der Waals surface area contributed by atoms with Crippen LogP contribution in [0.3, 0.4) is 0 Å². The number of hydrogen-bond acceptors (Lipinski definition) is 2. The standard InChI is InChI=1S/C13H11NO/c1-3-5-13(15-4-2)12-8-6-11(10-14)7-9-12/h4-9,13H,1-2H2. The fraction of sp³-hybridized carbons (Fsp3) is 0.0769. The van der Waals surface area contributed by atoms with Crippen LogP contribution in [0.4, 0.5) is 0 Å². The zero-order valence-electron chi connectivity index (χ0n) is 8.31. The summed E-state index contributed by atoms with van der Waals surface area (Å²) in [6.45, 7) is 6.99. The summed E-state index contributed by atoms with van der Waals surface area (Å²) in [6.07, 6.45) is 2.83. The van der Waals surface area contributed by atoms with E-state index in [1.165, 1.54) is 6.26 Å². The molecule has 0 aliphatic heterocycles. The second kappa shape index (κ2) is 5.49. The second-order valence-corrected chi connectivity index (χ2v) is 2.83. The first-order valence-corrected chi connectivity index (χ1v) is 4.44. The summed E-state index contributed by atoms with van der Waals surface area (Å²) in [5.41, 5.74) is 4.23. The Morgan fingerprint density at radius 3 is 2.47 bits per heavy atom. The molecule has 0 radical (unpaired) electrons. The first-order valence-electron chi connectivity index (χ1n) is 4.44. The molecule has 0 N–H and O–H groups in total. The van der Waals surface area contributed by atoms with Crippen LogP contribution in [0, 0.1) is 11.3 Å². The summed E-state index contributed by atoms with van der Waals surface area (Å²) in [4.78, 5) is 0. The lowest BCUT2D eigenvalue weighted by Gasteiger charge is -2.11. The van der Waals surface area contributed by atoms with Gasteiger partial charge in [0.25, 0.3) is 0 Å². The predicted molar refractivity (Wildman–Crippen MR) is 58.9 cm³/mol. The van der Waals surface area contributed by atoms with E-state index in [2.05, 4.69) is 25.0 Å². The number of hydrogen-bond donors (Lipinski definition) is 0. The van der Waals surface area contributed by atoms with Crippen molar-refractivity contribution in [3.05, 3.63) is 66.6 Å². The van der Waals surface area contributed by atoms with E-state index < -0.39 is 0 Å². The molecule has 0 aliphatic rings. The highest BCUT2D eigenvalue weighted by Crippen LogP contribution is 2.19. The quantitative estimate of drug-likeness (QED) is 0.549. The number of ether oxygens (including phenoxy) is 1. The van der Waals surface area contributed by atoms with Crippen LogP contribution in [0.25, 0.3) is 0 Å². The van der Waals surface area contributed by atoms with Crippen LogP contribution in [0.1, 0.15) is 17.2 Å². The minimum absolute atomic E-state index is 0.243. The molecule has 0 spiro atoms. The Hall–Kier alpha value is -2.23. The summed E-state index contributed by atoms with van der Waals surface area (Å²) < 4.78 is 5.26. The first kappa shape index (κ1) is 10.8. The molecule has 0 aromatic heterocycles. The maximum atomic E-state index is 8.65. The van der Waals surface area contributed by atoms with Gasteiger partial charge < -0.3 is 4.74 Å². The molecular formula is C13H11NO.